The molecule has 1 fully saturated rings. The predicted octanol–water partition coefficient (Wildman–Crippen LogP) is 4.86. The molecule has 0 spiro atoms. The summed E-state index contributed by atoms with van der Waals surface area (Å²) in [5.41, 5.74) is 1.42. The van der Waals surface area contributed by atoms with Crippen LogP contribution in [0.5, 0.6) is 0 Å². The minimum absolute atomic E-state index is 0.722. The third-order valence-corrected chi connectivity index (χ3v) is 4.97. The maximum absolute atomic E-state index is 3.52. The Morgan fingerprint density at radius 2 is 2.00 bits per heavy atom. The van der Waals surface area contributed by atoms with Crippen LogP contribution in [-0.4, -0.2) is 11.8 Å². The van der Waals surface area contributed by atoms with Crippen molar-refractivity contribution in [1.82, 2.24) is 5.32 Å². The molecule has 106 valence electrons. The molecule has 1 aliphatic rings. The van der Waals surface area contributed by atoms with Gasteiger partial charge in [-0.2, -0.15) is 0 Å². The van der Waals surface area contributed by atoms with Gasteiger partial charge in [-0.25, -0.2) is 0 Å². The van der Waals surface area contributed by atoms with Crippen LogP contribution in [0.2, 0.25) is 0 Å². The Kier molecular flexibility index (Phi) is 6.25. The fourth-order valence-corrected chi connectivity index (χ4v) is 3.94. The van der Waals surface area contributed by atoms with E-state index >= 15 is 0 Å². The van der Waals surface area contributed by atoms with Crippen LogP contribution in [0, 0.1) is 5.92 Å². The van der Waals surface area contributed by atoms with Crippen molar-refractivity contribution in [3.8, 4) is 0 Å². The van der Waals surface area contributed by atoms with E-state index in [2.05, 4.69) is 55.2 Å². The van der Waals surface area contributed by atoms with Gasteiger partial charge in [0.1, 0.15) is 0 Å². The molecule has 2 heteroatoms. The van der Waals surface area contributed by atoms with E-state index in [1.165, 1.54) is 42.6 Å². The zero-order valence-electron chi connectivity index (χ0n) is 12.3. The van der Waals surface area contributed by atoms with Gasteiger partial charge in [0, 0.05) is 16.7 Å². The summed E-state index contributed by atoms with van der Waals surface area (Å²) in [4.78, 5) is 1.45. The van der Waals surface area contributed by atoms with Crippen LogP contribution in [0.1, 0.15) is 51.5 Å². The van der Waals surface area contributed by atoms with Gasteiger partial charge in [-0.1, -0.05) is 45.2 Å². The van der Waals surface area contributed by atoms with Crippen molar-refractivity contribution in [3.05, 3.63) is 29.8 Å². The van der Waals surface area contributed by atoms with Gasteiger partial charge in [0.15, 0.2) is 0 Å². The molecule has 1 N–H and O–H groups in total. The van der Waals surface area contributed by atoms with E-state index in [0.717, 1.165) is 24.3 Å². The quantitative estimate of drug-likeness (QED) is 0.797. The van der Waals surface area contributed by atoms with E-state index in [-0.39, 0.29) is 0 Å². The van der Waals surface area contributed by atoms with E-state index < -0.39 is 0 Å². The second kappa shape index (κ2) is 7.96. The lowest BCUT2D eigenvalue weighted by molar-refractivity contribution is 0.516. The molecular weight excluding hydrogens is 250 g/mol. The van der Waals surface area contributed by atoms with Crippen molar-refractivity contribution in [1.29, 1.82) is 0 Å². The van der Waals surface area contributed by atoms with Crippen LogP contribution < -0.4 is 5.32 Å². The summed E-state index contributed by atoms with van der Waals surface area (Å²) in [5.74, 6) is 0.722. The van der Waals surface area contributed by atoms with E-state index in [9.17, 15) is 0 Å². The first-order valence-corrected chi connectivity index (χ1v) is 8.58. The minimum atomic E-state index is 0.722. The van der Waals surface area contributed by atoms with Crippen molar-refractivity contribution in [2.45, 2.75) is 62.6 Å². The lowest BCUT2D eigenvalue weighted by Gasteiger charge is -2.21. The number of nitrogens with one attached hydrogen (secondary N) is 1. The largest absolute Gasteiger partial charge is 0.312 e. The first-order valence-electron chi connectivity index (χ1n) is 7.70. The van der Waals surface area contributed by atoms with Crippen molar-refractivity contribution in [2.75, 3.05) is 6.54 Å². The van der Waals surface area contributed by atoms with E-state index in [0.29, 0.717) is 0 Å². The van der Waals surface area contributed by atoms with Crippen LogP contribution in [0.15, 0.2) is 29.2 Å². The zero-order chi connectivity index (χ0) is 13.5. The van der Waals surface area contributed by atoms with Gasteiger partial charge in [-0.3, -0.25) is 0 Å². The third-order valence-electron chi connectivity index (χ3n) is 3.64. The number of thioether (sulfide) groups is 1. The Balaban J connectivity index is 1.83. The summed E-state index contributed by atoms with van der Waals surface area (Å²) in [6.45, 7) is 6.60. The Hall–Kier alpha value is -0.470. The average molecular weight is 277 g/mol. The molecule has 2 rings (SSSR count). The van der Waals surface area contributed by atoms with Crippen LogP contribution in [0.3, 0.4) is 0 Å². The molecule has 19 heavy (non-hydrogen) atoms. The Morgan fingerprint density at radius 3 is 2.74 bits per heavy atom. The summed E-state index contributed by atoms with van der Waals surface area (Å²) in [6.07, 6.45) is 7.10. The second-order valence-electron chi connectivity index (χ2n) is 6.05. The third kappa shape index (κ3) is 5.58. The van der Waals surface area contributed by atoms with Gasteiger partial charge in [-0.15, -0.1) is 11.8 Å². The molecule has 1 aliphatic carbocycles. The fourth-order valence-electron chi connectivity index (χ4n) is 2.61. The monoisotopic (exact) mass is 277 g/mol. The molecule has 1 nitrogen and oxygen atoms in total. The van der Waals surface area contributed by atoms with Crippen molar-refractivity contribution >= 4 is 11.8 Å². The molecule has 0 unspecified atom stereocenters. The summed E-state index contributed by atoms with van der Waals surface area (Å²) in [6, 6.07) is 9.08. The maximum Gasteiger partial charge on any atom is 0.0206 e. The first kappa shape index (κ1) is 14.9. The van der Waals surface area contributed by atoms with Gasteiger partial charge >= 0.3 is 0 Å². The highest BCUT2D eigenvalue weighted by Gasteiger charge is 2.14. The molecule has 1 saturated carbocycles. The molecule has 0 aromatic heterocycles. The highest BCUT2D eigenvalue weighted by molar-refractivity contribution is 8.00. The molecule has 0 heterocycles. The SMILES string of the molecule is CC(C)CNCc1cccc(SC2CCCCC2)c1. The summed E-state index contributed by atoms with van der Waals surface area (Å²) in [5, 5.41) is 4.38. The fraction of sp³-hybridized carbons (Fsp3) is 0.647. The smallest absolute Gasteiger partial charge is 0.0206 e. The number of benzene rings is 1. The zero-order valence-corrected chi connectivity index (χ0v) is 13.1. The average Bonchev–Trinajstić information content (AvgIpc) is 2.40. The molecule has 0 aliphatic heterocycles. The summed E-state index contributed by atoms with van der Waals surface area (Å²) >= 11 is 2.09. The minimum Gasteiger partial charge on any atom is -0.312 e. The number of hydrogen-bond acceptors (Lipinski definition) is 2. The molecular formula is C17H27NS. The van der Waals surface area contributed by atoms with Crippen LogP contribution in [0.25, 0.3) is 0 Å². The second-order valence-corrected chi connectivity index (χ2v) is 7.42. The van der Waals surface area contributed by atoms with Gasteiger partial charge in [0.25, 0.3) is 0 Å². The highest BCUT2D eigenvalue weighted by atomic mass is 32.2. The maximum atomic E-state index is 3.52. The normalized spacial score (nSPS) is 17.0. The van der Waals surface area contributed by atoms with Gasteiger partial charge < -0.3 is 5.32 Å². The van der Waals surface area contributed by atoms with Gasteiger partial charge in [-0.05, 0) is 43.0 Å². The predicted molar refractivity (Wildman–Crippen MR) is 85.7 cm³/mol. The molecule has 0 amide bonds. The first-order chi connectivity index (χ1) is 9.24. The van der Waals surface area contributed by atoms with Crippen molar-refractivity contribution in [2.24, 2.45) is 5.92 Å². The molecule has 0 bridgehead atoms. The molecule has 1 aromatic rings. The molecule has 0 atom stereocenters. The van der Waals surface area contributed by atoms with E-state index in [4.69, 9.17) is 0 Å². The standard InChI is InChI=1S/C17H27NS/c1-14(2)12-18-13-15-7-6-10-17(11-15)19-16-8-4-3-5-9-16/h6-7,10-11,14,16,18H,3-5,8-9,12-13H2,1-2H3. The van der Waals surface area contributed by atoms with Crippen LogP contribution in [-0.2, 0) is 6.54 Å². The Morgan fingerprint density at radius 1 is 1.21 bits per heavy atom. The van der Waals surface area contributed by atoms with Gasteiger partial charge in [0.05, 0.1) is 0 Å². The van der Waals surface area contributed by atoms with Gasteiger partial charge in [0.2, 0.25) is 0 Å². The lowest BCUT2D eigenvalue weighted by Crippen LogP contribution is -2.18. The van der Waals surface area contributed by atoms with Crippen LogP contribution >= 0.6 is 11.8 Å². The summed E-state index contributed by atoms with van der Waals surface area (Å²) < 4.78 is 0. The summed E-state index contributed by atoms with van der Waals surface area (Å²) in [7, 11) is 0. The van der Waals surface area contributed by atoms with Crippen LogP contribution in [0.4, 0.5) is 0 Å². The lowest BCUT2D eigenvalue weighted by atomic mass is 10.0. The molecule has 1 aromatic carbocycles. The topological polar surface area (TPSA) is 12.0 Å². The van der Waals surface area contributed by atoms with Crippen molar-refractivity contribution in [3.63, 3.8) is 0 Å². The Labute approximate surface area is 122 Å². The number of hydrogen-bond donors (Lipinski definition) is 1. The van der Waals surface area contributed by atoms with E-state index in [1.807, 2.05) is 0 Å². The number of rotatable bonds is 6. The van der Waals surface area contributed by atoms with Crippen molar-refractivity contribution < 1.29 is 0 Å². The molecule has 0 saturated heterocycles. The molecule has 0 radical (unpaired) electrons. The highest BCUT2D eigenvalue weighted by Crippen LogP contribution is 2.33. The Bertz CT molecular complexity index is 369. The van der Waals surface area contributed by atoms with E-state index in [1.54, 1.807) is 0 Å².